The van der Waals surface area contributed by atoms with Gasteiger partial charge in [0, 0.05) is 48.4 Å². The van der Waals surface area contributed by atoms with Gasteiger partial charge in [0.05, 0.1) is 16.6 Å². The average Bonchev–Trinajstić information content (AvgIpc) is 3.47. The highest BCUT2D eigenvalue weighted by Gasteiger charge is 2.26. The number of imidazole rings is 1. The minimum Gasteiger partial charge on any atom is -0.382 e. The zero-order valence-corrected chi connectivity index (χ0v) is 20.7. The first-order valence-electron chi connectivity index (χ1n) is 12.5. The molecule has 1 fully saturated rings. The summed E-state index contributed by atoms with van der Waals surface area (Å²) in [7, 11) is 1.83. The van der Waals surface area contributed by atoms with Gasteiger partial charge in [-0.1, -0.05) is 30.3 Å². The fourth-order valence-corrected chi connectivity index (χ4v) is 5.29. The van der Waals surface area contributed by atoms with Gasteiger partial charge in [-0.2, -0.15) is 13.9 Å². The highest BCUT2D eigenvalue weighted by atomic mass is 19.3. The number of piperidine rings is 1. The van der Waals surface area contributed by atoms with E-state index in [2.05, 4.69) is 15.4 Å². The normalized spacial score (nSPS) is 14.9. The zero-order valence-electron chi connectivity index (χ0n) is 20.7. The summed E-state index contributed by atoms with van der Waals surface area (Å²) >= 11 is 0. The summed E-state index contributed by atoms with van der Waals surface area (Å²) in [5.41, 5.74) is 4.08. The van der Waals surface area contributed by atoms with Gasteiger partial charge in [-0.15, -0.1) is 0 Å². The monoisotopic (exact) mass is 522 g/mol. The van der Waals surface area contributed by atoms with Crippen LogP contribution in [-0.2, 0) is 7.05 Å². The van der Waals surface area contributed by atoms with Gasteiger partial charge in [0.2, 0.25) is 5.95 Å². The molecule has 6 rings (SSSR count). The minimum atomic E-state index is -2.67. The van der Waals surface area contributed by atoms with Crippen molar-refractivity contribution in [3.05, 3.63) is 72.3 Å². The molecule has 3 heterocycles. The molecule has 3 aromatic carbocycles. The predicted molar refractivity (Wildman–Crippen MR) is 141 cm³/mol. The van der Waals surface area contributed by atoms with Gasteiger partial charge in [0.25, 0.3) is 6.43 Å². The molecule has 0 saturated carbocycles. The maximum atomic E-state index is 13.9. The minimum absolute atomic E-state index is 0.0324. The van der Waals surface area contributed by atoms with E-state index in [1.807, 2.05) is 30.1 Å². The van der Waals surface area contributed by atoms with E-state index in [9.17, 15) is 17.6 Å². The number of aryl methyl sites for hydroxylation is 1. The number of anilines is 2. The number of rotatable bonds is 6. The summed E-state index contributed by atoms with van der Waals surface area (Å²) in [6.07, 6.45) is -1.01. The summed E-state index contributed by atoms with van der Waals surface area (Å²) in [6, 6.07) is 19.4. The number of benzene rings is 3. The summed E-state index contributed by atoms with van der Waals surface area (Å²) < 4.78 is 56.9. The summed E-state index contributed by atoms with van der Waals surface area (Å²) in [5, 5.41) is 9.05. The van der Waals surface area contributed by atoms with Gasteiger partial charge < -0.3 is 10.2 Å². The number of aromatic nitrogens is 4. The molecule has 0 aliphatic carbocycles. The molecule has 1 N–H and O–H groups in total. The Morgan fingerprint density at radius 1 is 0.895 bits per heavy atom. The lowest BCUT2D eigenvalue weighted by molar-refractivity contribution is 0.0757. The quantitative estimate of drug-likeness (QED) is 0.244. The first-order valence-corrected chi connectivity index (χ1v) is 12.5. The molecule has 2 aromatic heterocycles. The van der Waals surface area contributed by atoms with E-state index in [-0.39, 0.29) is 11.6 Å². The van der Waals surface area contributed by atoms with Crippen LogP contribution in [-0.4, -0.2) is 38.5 Å². The number of hydrogen-bond acceptors (Lipinski definition) is 4. The molecule has 0 spiro atoms. The molecule has 1 saturated heterocycles. The van der Waals surface area contributed by atoms with Crippen molar-refractivity contribution in [1.29, 1.82) is 0 Å². The van der Waals surface area contributed by atoms with E-state index in [0.29, 0.717) is 41.3 Å². The Bertz CT molecular complexity index is 1600. The van der Waals surface area contributed by atoms with Crippen molar-refractivity contribution in [2.24, 2.45) is 7.05 Å². The molecule has 6 nitrogen and oxygen atoms in total. The van der Waals surface area contributed by atoms with Crippen LogP contribution in [0.3, 0.4) is 0 Å². The highest BCUT2D eigenvalue weighted by Crippen LogP contribution is 2.33. The van der Waals surface area contributed by atoms with Crippen LogP contribution in [0.1, 0.15) is 31.4 Å². The number of fused-ring (bicyclic) bond motifs is 2. The number of hydrogen-bond donors (Lipinski definition) is 1. The van der Waals surface area contributed by atoms with Crippen molar-refractivity contribution in [2.45, 2.75) is 31.9 Å². The first kappa shape index (κ1) is 24.3. The third-order valence-corrected chi connectivity index (χ3v) is 7.18. The Kier molecular flexibility index (Phi) is 6.17. The van der Waals surface area contributed by atoms with Gasteiger partial charge in [0.1, 0.15) is 5.69 Å². The molecule has 196 valence electrons. The van der Waals surface area contributed by atoms with Crippen LogP contribution in [0.5, 0.6) is 0 Å². The Hall–Kier alpha value is -4.08. The lowest BCUT2D eigenvalue weighted by atomic mass is 10.0. The molecular weight excluding hydrogens is 496 g/mol. The first-order chi connectivity index (χ1) is 18.4. The predicted octanol–water partition coefficient (Wildman–Crippen LogP) is 7.00. The van der Waals surface area contributed by atoms with Gasteiger partial charge in [-0.3, -0.25) is 9.25 Å². The number of nitrogens with one attached hydrogen (secondary N) is 1. The summed E-state index contributed by atoms with van der Waals surface area (Å²) in [5.74, 6) is 0.305. The average molecular weight is 523 g/mol. The molecule has 1 aliphatic rings. The van der Waals surface area contributed by atoms with Gasteiger partial charge in [-0.25, -0.2) is 13.8 Å². The number of alkyl halides is 4. The van der Waals surface area contributed by atoms with E-state index >= 15 is 0 Å². The molecule has 38 heavy (non-hydrogen) atoms. The van der Waals surface area contributed by atoms with Gasteiger partial charge >= 0.3 is 6.55 Å². The maximum Gasteiger partial charge on any atom is 0.321 e. The molecule has 0 unspecified atom stereocenters. The second-order valence-electron chi connectivity index (χ2n) is 9.58. The van der Waals surface area contributed by atoms with Crippen LogP contribution in [0.2, 0.25) is 0 Å². The molecule has 0 atom stereocenters. The molecule has 0 bridgehead atoms. The maximum absolute atomic E-state index is 13.9. The highest BCUT2D eigenvalue weighted by molar-refractivity contribution is 5.95. The third kappa shape index (κ3) is 4.33. The second kappa shape index (κ2) is 9.66. The second-order valence-corrected chi connectivity index (χ2v) is 9.58. The van der Waals surface area contributed by atoms with Gasteiger partial charge in [0.15, 0.2) is 0 Å². The van der Waals surface area contributed by atoms with E-state index in [0.717, 1.165) is 34.0 Å². The van der Waals surface area contributed by atoms with Crippen LogP contribution in [0, 0.1) is 0 Å². The van der Waals surface area contributed by atoms with Crippen LogP contribution in [0.4, 0.5) is 29.2 Å². The summed E-state index contributed by atoms with van der Waals surface area (Å²) in [4.78, 5) is 6.41. The SMILES string of the molecule is Cn1nc(-c2cccc(C(F)F)c2)c2ccc(NC3CCN(c4nc5ccccc5n4C(F)F)CC3)cc21. The van der Waals surface area contributed by atoms with Crippen molar-refractivity contribution < 1.29 is 17.6 Å². The summed E-state index contributed by atoms with van der Waals surface area (Å²) in [6.45, 7) is -1.46. The van der Waals surface area contributed by atoms with Crippen LogP contribution in [0.15, 0.2) is 66.7 Å². The fraction of sp³-hybridized carbons (Fsp3) is 0.286. The van der Waals surface area contributed by atoms with Crippen molar-refractivity contribution >= 4 is 33.6 Å². The molecule has 5 aromatic rings. The third-order valence-electron chi connectivity index (χ3n) is 7.18. The van der Waals surface area contributed by atoms with Crippen molar-refractivity contribution in [3.63, 3.8) is 0 Å². The lowest BCUT2D eigenvalue weighted by Gasteiger charge is -2.33. The Morgan fingerprint density at radius 2 is 1.68 bits per heavy atom. The van der Waals surface area contributed by atoms with E-state index in [4.69, 9.17) is 0 Å². The standard InChI is InChI=1S/C28H26F4N6/c1-36-24-16-20(9-10-21(24)25(35-36)17-5-4-6-18(15-17)26(29)30)33-19-11-13-37(14-12-19)28-34-22-7-2-3-8-23(22)38(28)27(31)32/h2-10,15-16,19,26-27,33H,11-14H2,1H3. The number of nitrogens with zero attached hydrogens (tertiary/aromatic N) is 5. The van der Waals surface area contributed by atoms with Crippen molar-refractivity contribution in [3.8, 4) is 11.3 Å². The van der Waals surface area contributed by atoms with Crippen LogP contribution < -0.4 is 10.2 Å². The molecule has 0 amide bonds. The molecular formula is C28H26F4N6. The van der Waals surface area contributed by atoms with E-state index in [1.54, 1.807) is 41.1 Å². The lowest BCUT2D eigenvalue weighted by Crippen LogP contribution is -2.40. The van der Waals surface area contributed by atoms with Crippen molar-refractivity contribution in [2.75, 3.05) is 23.3 Å². The van der Waals surface area contributed by atoms with Gasteiger partial charge in [-0.05, 0) is 49.2 Å². The largest absolute Gasteiger partial charge is 0.382 e. The van der Waals surface area contributed by atoms with Crippen LogP contribution in [0.25, 0.3) is 33.2 Å². The smallest absolute Gasteiger partial charge is 0.321 e. The Labute approximate surface area is 216 Å². The Balaban J connectivity index is 1.19. The van der Waals surface area contributed by atoms with Crippen LogP contribution >= 0.6 is 0 Å². The topological polar surface area (TPSA) is 50.9 Å². The molecule has 0 radical (unpaired) electrons. The Morgan fingerprint density at radius 3 is 2.45 bits per heavy atom. The molecule has 10 heteroatoms. The van der Waals surface area contributed by atoms with E-state index in [1.165, 1.54) is 12.1 Å². The number of halogens is 4. The van der Waals surface area contributed by atoms with E-state index < -0.39 is 13.0 Å². The van der Waals surface area contributed by atoms with Crippen molar-refractivity contribution in [1.82, 2.24) is 19.3 Å². The molecule has 1 aliphatic heterocycles. The zero-order chi connectivity index (χ0) is 26.4. The number of para-hydroxylation sites is 2. The fourth-order valence-electron chi connectivity index (χ4n) is 5.29.